The summed E-state index contributed by atoms with van der Waals surface area (Å²) in [6, 6.07) is 11.6. The fraction of sp³-hybridized carbons (Fsp3) is 0.467. The summed E-state index contributed by atoms with van der Waals surface area (Å²) in [6.07, 6.45) is 9.97. The first-order chi connectivity index (χ1) is 7.40. The SMILES string of the molecule is CC=CC1CCC(c2cc[c-]cc2)CC1.[Li+]. The Morgan fingerprint density at radius 3 is 2.31 bits per heavy atom. The fourth-order valence-corrected chi connectivity index (χ4v) is 2.59. The maximum Gasteiger partial charge on any atom is 1.00 e. The first-order valence-electron chi connectivity index (χ1n) is 5.99. The van der Waals surface area contributed by atoms with Crippen molar-refractivity contribution in [3.05, 3.63) is 48.0 Å². The molecule has 80 valence electrons. The zero-order valence-electron chi connectivity index (χ0n) is 10.4. The van der Waals surface area contributed by atoms with Crippen LogP contribution in [0.25, 0.3) is 0 Å². The molecule has 1 aromatic carbocycles. The van der Waals surface area contributed by atoms with Gasteiger partial charge in [-0.25, -0.2) is 0 Å². The van der Waals surface area contributed by atoms with Crippen LogP contribution in [-0.4, -0.2) is 0 Å². The van der Waals surface area contributed by atoms with Gasteiger partial charge < -0.3 is 0 Å². The Balaban J connectivity index is 0.00000128. The van der Waals surface area contributed by atoms with Gasteiger partial charge in [-0.3, -0.25) is 0 Å². The van der Waals surface area contributed by atoms with Gasteiger partial charge in [0.05, 0.1) is 0 Å². The molecule has 1 aromatic rings. The third-order valence-corrected chi connectivity index (χ3v) is 3.45. The van der Waals surface area contributed by atoms with Crippen LogP contribution in [0, 0.1) is 12.0 Å². The largest absolute Gasteiger partial charge is 1.00 e. The normalized spacial score (nSPS) is 25.3. The molecule has 0 saturated heterocycles. The molecule has 1 aliphatic rings. The van der Waals surface area contributed by atoms with Crippen LogP contribution in [0.3, 0.4) is 0 Å². The molecule has 2 rings (SSSR count). The van der Waals surface area contributed by atoms with Crippen LogP contribution in [0.2, 0.25) is 0 Å². The summed E-state index contributed by atoms with van der Waals surface area (Å²) in [6.45, 7) is 2.12. The van der Waals surface area contributed by atoms with E-state index in [2.05, 4.69) is 37.3 Å². The molecule has 0 nitrogen and oxygen atoms in total. The minimum Gasteiger partial charge on any atom is -0.184 e. The second-order valence-electron chi connectivity index (χ2n) is 4.47. The summed E-state index contributed by atoms with van der Waals surface area (Å²) in [5, 5.41) is 0. The van der Waals surface area contributed by atoms with E-state index in [0.29, 0.717) is 0 Å². The summed E-state index contributed by atoms with van der Waals surface area (Å²) in [7, 11) is 0. The van der Waals surface area contributed by atoms with Crippen LogP contribution in [0.1, 0.15) is 44.1 Å². The van der Waals surface area contributed by atoms with E-state index in [4.69, 9.17) is 0 Å². The van der Waals surface area contributed by atoms with Crippen molar-refractivity contribution in [3.8, 4) is 0 Å². The monoisotopic (exact) mass is 206 g/mol. The number of rotatable bonds is 2. The summed E-state index contributed by atoms with van der Waals surface area (Å²) < 4.78 is 0. The van der Waals surface area contributed by atoms with E-state index in [0.717, 1.165) is 11.8 Å². The van der Waals surface area contributed by atoms with E-state index in [9.17, 15) is 0 Å². The topological polar surface area (TPSA) is 0 Å². The fourth-order valence-electron chi connectivity index (χ4n) is 2.59. The molecule has 0 aromatic heterocycles. The van der Waals surface area contributed by atoms with Gasteiger partial charge in [-0.1, -0.05) is 12.2 Å². The predicted molar refractivity (Wildman–Crippen MR) is 64.8 cm³/mol. The van der Waals surface area contributed by atoms with E-state index in [-0.39, 0.29) is 18.9 Å². The Morgan fingerprint density at radius 2 is 1.75 bits per heavy atom. The average Bonchev–Trinajstić information content (AvgIpc) is 2.32. The van der Waals surface area contributed by atoms with Gasteiger partial charge in [0.15, 0.2) is 0 Å². The van der Waals surface area contributed by atoms with E-state index in [1.54, 1.807) is 0 Å². The van der Waals surface area contributed by atoms with Crippen molar-refractivity contribution in [1.82, 2.24) is 0 Å². The Labute approximate surface area is 111 Å². The van der Waals surface area contributed by atoms with Gasteiger partial charge >= 0.3 is 18.9 Å². The van der Waals surface area contributed by atoms with Crippen molar-refractivity contribution in [2.45, 2.75) is 38.5 Å². The quantitative estimate of drug-likeness (QED) is 0.389. The van der Waals surface area contributed by atoms with E-state index >= 15 is 0 Å². The third-order valence-electron chi connectivity index (χ3n) is 3.45. The molecule has 0 spiro atoms. The Kier molecular flexibility index (Phi) is 5.96. The average molecular weight is 206 g/mol. The minimum absolute atomic E-state index is 0. The molecular formula is C15H19Li. The molecule has 0 N–H and O–H groups in total. The van der Waals surface area contributed by atoms with Crippen LogP contribution in [0.15, 0.2) is 36.4 Å². The molecule has 0 amide bonds. The summed E-state index contributed by atoms with van der Waals surface area (Å²) in [5.74, 6) is 1.63. The molecule has 0 radical (unpaired) electrons. The molecule has 1 heteroatoms. The molecule has 1 aliphatic carbocycles. The minimum atomic E-state index is 0. The van der Waals surface area contributed by atoms with E-state index in [1.807, 2.05) is 12.1 Å². The smallest absolute Gasteiger partial charge is 0.184 e. The molecule has 0 heterocycles. The second-order valence-corrected chi connectivity index (χ2v) is 4.47. The molecule has 0 bridgehead atoms. The molecule has 0 aliphatic heterocycles. The zero-order chi connectivity index (χ0) is 10.5. The summed E-state index contributed by atoms with van der Waals surface area (Å²) in [5.41, 5.74) is 1.51. The number of hydrogen-bond acceptors (Lipinski definition) is 0. The molecular weight excluding hydrogens is 187 g/mol. The van der Waals surface area contributed by atoms with Crippen LogP contribution in [0.5, 0.6) is 0 Å². The van der Waals surface area contributed by atoms with Crippen LogP contribution in [-0.2, 0) is 0 Å². The number of benzene rings is 1. The van der Waals surface area contributed by atoms with Gasteiger partial charge in [0.1, 0.15) is 0 Å². The number of allylic oxidation sites excluding steroid dienone is 2. The third kappa shape index (κ3) is 3.54. The van der Waals surface area contributed by atoms with E-state index in [1.165, 1.54) is 31.2 Å². The van der Waals surface area contributed by atoms with Crippen LogP contribution < -0.4 is 18.9 Å². The molecule has 1 saturated carbocycles. The Bertz CT molecular complexity index is 307. The number of hydrogen-bond donors (Lipinski definition) is 0. The van der Waals surface area contributed by atoms with Gasteiger partial charge in [0.2, 0.25) is 0 Å². The first kappa shape index (κ1) is 13.6. The van der Waals surface area contributed by atoms with Crippen LogP contribution in [0.4, 0.5) is 0 Å². The summed E-state index contributed by atoms with van der Waals surface area (Å²) >= 11 is 0. The van der Waals surface area contributed by atoms with Crippen molar-refractivity contribution in [1.29, 1.82) is 0 Å². The Morgan fingerprint density at radius 1 is 1.12 bits per heavy atom. The molecule has 0 atom stereocenters. The van der Waals surface area contributed by atoms with Gasteiger partial charge in [0, 0.05) is 0 Å². The van der Waals surface area contributed by atoms with Crippen LogP contribution >= 0.6 is 0 Å². The van der Waals surface area contributed by atoms with Crippen molar-refractivity contribution >= 4 is 0 Å². The van der Waals surface area contributed by atoms with Crippen molar-refractivity contribution < 1.29 is 18.9 Å². The zero-order valence-corrected chi connectivity index (χ0v) is 10.4. The van der Waals surface area contributed by atoms with E-state index < -0.39 is 0 Å². The molecule has 16 heavy (non-hydrogen) atoms. The maximum absolute atomic E-state index is 3.09. The van der Waals surface area contributed by atoms with Gasteiger partial charge in [-0.15, -0.1) is 0 Å². The van der Waals surface area contributed by atoms with Gasteiger partial charge in [-0.2, -0.15) is 35.9 Å². The summed E-state index contributed by atoms with van der Waals surface area (Å²) in [4.78, 5) is 0. The van der Waals surface area contributed by atoms with Gasteiger partial charge in [-0.05, 0) is 44.4 Å². The molecule has 1 fully saturated rings. The Hall–Kier alpha value is -0.443. The first-order valence-corrected chi connectivity index (χ1v) is 5.99. The molecule has 0 unspecified atom stereocenters. The standard InChI is InChI=1S/C15H19.Li/c1-2-6-13-9-11-15(12-10-13)14-7-4-3-5-8-14;/h2,4-8,13,15H,9-12H2,1H3;/q-1;+1. The van der Waals surface area contributed by atoms with Gasteiger partial charge in [0.25, 0.3) is 0 Å². The van der Waals surface area contributed by atoms with Crippen molar-refractivity contribution in [3.63, 3.8) is 0 Å². The van der Waals surface area contributed by atoms with Crippen molar-refractivity contribution in [2.24, 2.45) is 5.92 Å². The van der Waals surface area contributed by atoms with Crippen molar-refractivity contribution in [2.75, 3.05) is 0 Å². The maximum atomic E-state index is 3.09. The predicted octanol–water partition coefficient (Wildman–Crippen LogP) is 1.34. The second kappa shape index (κ2) is 7.00.